The molecule has 6 nitrogen and oxygen atoms in total. The van der Waals surface area contributed by atoms with Crippen LogP contribution in [-0.4, -0.2) is 44.4 Å². The third-order valence-corrected chi connectivity index (χ3v) is 2.82. The van der Waals surface area contributed by atoms with Gasteiger partial charge in [0.1, 0.15) is 5.82 Å². The maximum atomic E-state index is 10.9. The molecule has 1 aliphatic rings. The number of aliphatic hydroxyl groups excluding tert-OH is 1. The molecular formula is C10H18N4O2. The van der Waals surface area contributed by atoms with Gasteiger partial charge in [-0.15, -0.1) is 0 Å². The first-order valence-corrected chi connectivity index (χ1v) is 5.78. The van der Waals surface area contributed by atoms with Gasteiger partial charge in [0, 0.05) is 12.6 Å². The molecule has 90 valence electrons. The Balaban J connectivity index is 1.84. The van der Waals surface area contributed by atoms with Crippen LogP contribution in [0.4, 0.5) is 0 Å². The zero-order chi connectivity index (χ0) is 11.4. The normalized spacial score (nSPS) is 15.9. The van der Waals surface area contributed by atoms with Crippen LogP contribution in [0.2, 0.25) is 0 Å². The number of rotatable bonds is 7. The van der Waals surface area contributed by atoms with E-state index in [0.717, 1.165) is 19.4 Å². The highest BCUT2D eigenvalue weighted by atomic mass is 16.2. The van der Waals surface area contributed by atoms with Crippen molar-refractivity contribution in [2.75, 3.05) is 13.2 Å². The van der Waals surface area contributed by atoms with Gasteiger partial charge in [-0.25, -0.2) is 9.89 Å². The van der Waals surface area contributed by atoms with Crippen LogP contribution in [0, 0.1) is 0 Å². The van der Waals surface area contributed by atoms with Crippen LogP contribution in [0.15, 0.2) is 4.79 Å². The van der Waals surface area contributed by atoms with E-state index in [0.29, 0.717) is 18.4 Å². The van der Waals surface area contributed by atoms with Crippen LogP contribution in [0.5, 0.6) is 0 Å². The van der Waals surface area contributed by atoms with Gasteiger partial charge in [-0.3, -0.25) is 9.88 Å². The van der Waals surface area contributed by atoms with Crippen molar-refractivity contribution < 1.29 is 5.11 Å². The average Bonchev–Trinajstić information content (AvgIpc) is 3.02. The number of hydrogen-bond acceptors (Lipinski definition) is 4. The molecule has 6 heteroatoms. The summed E-state index contributed by atoms with van der Waals surface area (Å²) in [7, 11) is 0. The smallest absolute Gasteiger partial charge is 0.340 e. The van der Waals surface area contributed by atoms with Crippen molar-refractivity contribution in [3.63, 3.8) is 0 Å². The van der Waals surface area contributed by atoms with Crippen LogP contribution in [-0.2, 0) is 6.54 Å². The second-order valence-corrected chi connectivity index (χ2v) is 4.26. The molecule has 0 amide bonds. The molecule has 1 saturated carbocycles. The Bertz CT molecular complexity index is 369. The van der Waals surface area contributed by atoms with Gasteiger partial charge in [0.15, 0.2) is 0 Å². The molecule has 1 fully saturated rings. The van der Waals surface area contributed by atoms with Crippen molar-refractivity contribution in [1.29, 1.82) is 0 Å². The summed E-state index contributed by atoms with van der Waals surface area (Å²) in [6, 6.07) is 0.638. The Hall–Kier alpha value is -1.14. The first kappa shape index (κ1) is 11.3. The van der Waals surface area contributed by atoms with Crippen molar-refractivity contribution in [3.05, 3.63) is 16.3 Å². The van der Waals surface area contributed by atoms with Gasteiger partial charge < -0.3 is 5.11 Å². The minimum Gasteiger partial charge on any atom is -0.396 e. The van der Waals surface area contributed by atoms with E-state index in [4.69, 9.17) is 5.11 Å². The van der Waals surface area contributed by atoms with Crippen molar-refractivity contribution >= 4 is 0 Å². The third-order valence-electron chi connectivity index (χ3n) is 2.82. The Labute approximate surface area is 93.7 Å². The van der Waals surface area contributed by atoms with Crippen molar-refractivity contribution in [2.24, 2.45) is 0 Å². The Morgan fingerprint density at radius 1 is 1.44 bits per heavy atom. The Kier molecular flexibility index (Phi) is 3.74. The molecule has 2 rings (SSSR count). The van der Waals surface area contributed by atoms with E-state index < -0.39 is 0 Å². The first-order chi connectivity index (χ1) is 7.79. The maximum Gasteiger partial charge on any atom is 0.340 e. The predicted molar refractivity (Wildman–Crippen MR) is 59.0 cm³/mol. The highest BCUT2D eigenvalue weighted by Crippen LogP contribution is 2.27. The van der Waals surface area contributed by atoms with Crippen molar-refractivity contribution in [2.45, 2.75) is 38.3 Å². The van der Waals surface area contributed by atoms with E-state index in [-0.39, 0.29) is 12.3 Å². The van der Waals surface area contributed by atoms with E-state index in [1.807, 2.05) is 0 Å². The summed E-state index contributed by atoms with van der Waals surface area (Å²) < 4.78 is 0. The van der Waals surface area contributed by atoms with Crippen molar-refractivity contribution in [1.82, 2.24) is 20.1 Å². The van der Waals surface area contributed by atoms with E-state index in [2.05, 4.69) is 20.1 Å². The predicted octanol–water partition coefficient (Wildman–Crippen LogP) is -0.165. The fourth-order valence-electron chi connectivity index (χ4n) is 1.83. The molecule has 0 bridgehead atoms. The van der Waals surface area contributed by atoms with E-state index in [1.54, 1.807) is 0 Å². The number of aromatic amines is 2. The highest BCUT2D eigenvalue weighted by molar-refractivity contribution is 4.89. The van der Waals surface area contributed by atoms with E-state index in [9.17, 15) is 4.79 Å². The van der Waals surface area contributed by atoms with Gasteiger partial charge in [-0.2, -0.15) is 5.10 Å². The maximum absolute atomic E-state index is 10.9. The molecule has 0 atom stereocenters. The molecule has 0 aromatic carbocycles. The summed E-state index contributed by atoms with van der Waals surface area (Å²) in [5.74, 6) is 0.695. The second kappa shape index (κ2) is 5.27. The standard InChI is InChI=1S/C10H18N4O2/c15-6-2-1-5-14(8-3-4-8)7-9-11-10(16)13-12-9/h8,15H,1-7H2,(H2,11,12,13,16). The molecule has 0 radical (unpaired) electrons. The minimum atomic E-state index is -0.249. The molecule has 1 aliphatic carbocycles. The lowest BCUT2D eigenvalue weighted by Gasteiger charge is -2.19. The number of aromatic nitrogens is 3. The van der Waals surface area contributed by atoms with Crippen LogP contribution in [0.1, 0.15) is 31.5 Å². The summed E-state index contributed by atoms with van der Waals surface area (Å²) >= 11 is 0. The van der Waals surface area contributed by atoms with Crippen molar-refractivity contribution in [3.8, 4) is 0 Å². The SMILES string of the molecule is O=c1[nH]nc(CN(CCCCO)C2CC2)[nH]1. The summed E-state index contributed by atoms with van der Waals surface area (Å²) in [6.45, 7) is 1.90. The topological polar surface area (TPSA) is 85.0 Å². The monoisotopic (exact) mass is 226 g/mol. The highest BCUT2D eigenvalue weighted by Gasteiger charge is 2.28. The average molecular weight is 226 g/mol. The number of unbranched alkanes of at least 4 members (excludes halogenated alkanes) is 1. The first-order valence-electron chi connectivity index (χ1n) is 5.78. The molecule has 0 unspecified atom stereocenters. The number of hydrogen-bond donors (Lipinski definition) is 3. The Morgan fingerprint density at radius 3 is 2.81 bits per heavy atom. The number of nitrogens with one attached hydrogen (secondary N) is 2. The number of H-pyrrole nitrogens is 2. The van der Waals surface area contributed by atoms with Crippen LogP contribution in [0.3, 0.4) is 0 Å². The van der Waals surface area contributed by atoms with E-state index in [1.165, 1.54) is 12.8 Å². The van der Waals surface area contributed by atoms with Crippen LogP contribution in [0.25, 0.3) is 0 Å². The summed E-state index contributed by atoms with van der Waals surface area (Å²) in [4.78, 5) is 15.9. The third kappa shape index (κ3) is 3.18. The van der Waals surface area contributed by atoms with Gasteiger partial charge >= 0.3 is 5.69 Å². The number of aliphatic hydroxyl groups is 1. The molecule has 0 aliphatic heterocycles. The molecule has 0 saturated heterocycles. The molecule has 1 heterocycles. The van der Waals surface area contributed by atoms with Gasteiger partial charge in [0.25, 0.3) is 0 Å². The fraction of sp³-hybridized carbons (Fsp3) is 0.800. The molecule has 0 spiro atoms. The Morgan fingerprint density at radius 2 is 2.25 bits per heavy atom. The molecule has 1 aromatic rings. The fourth-order valence-corrected chi connectivity index (χ4v) is 1.83. The largest absolute Gasteiger partial charge is 0.396 e. The van der Waals surface area contributed by atoms with Gasteiger partial charge in [0.05, 0.1) is 6.54 Å². The van der Waals surface area contributed by atoms with E-state index >= 15 is 0 Å². The lowest BCUT2D eigenvalue weighted by Crippen LogP contribution is -2.27. The quantitative estimate of drug-likeness (QED) is 0.564. The van der Waals surface area contributed by atoms with Gasteiger partial charge in [0.2, 0.25) is 0 Å². The lowest BCUT2D eigenvalue weighted by atomic mass is 10.3. The molecular weight excluding hydrogens is 208 g/mol. The van der Waals surface area contributed by atoms with Crippen LogP contribution >= 0.6 is 0 Å². The molecule has 16 heavy (non-hydrogen) atoms. The van der Waals surface area contributed by atoms with Gasteiger partial charge in [-0.1, -0.05) is 0 Å². The second-order valence-electron chi connectivity index (χ2n) is 4.26. The summed E-state index contributed by atoms with van der Waals surface area (Å²) in [5, 5.41) is 15.0. The zero-order valence-corrected chi connectivity index (χ0v) is 9.28. The summed E-state index contributed by atoms with van der Waals surface area (Å²) in [6.07, 6.45) is 4.28. The number of nitrogens with zero attached hydrogens (tertiary/aromatic N) is 2. The van der Waals surface area contributed by atoms with Crippen LogP contribution < -0.4 is 5.69 Å². The van der Waals surface area contributed by atoms with Gasteiger partial charge in [-0.05, 0) is 32.2 Å². The minimum absolute atomic E-state index is 0.248. The molecule has 3 N–H and O–H groups in total. The zero-order valence-electron chi connectivity index (χ0n) is 9.28. The summed E-state index contributed by atoms with van der Waals surface area (Å²) in [5.41, 5.74) is -0.249. The lowest BCUT2D eigenvalue weighted by molar-refractivity contribution is 0.225. The molecule has 1 aromatic heterocycles.